The molecule has 13 rings (SSSR count). The summed E-state index contributed by atoms with van der Waals surface area (Å²) >= 11 is 1.90. The normalized spacial score (nSPS) is 11.8. The number of anilines is 3. The average molecular weight is 820 g/mol. The molecule has 0 aliphatic carbocycles. The Morgan fingerprint density at radius 1 is 0.302 bits per heavy atom. The van der Waals surface area contributed by atoms with Gasteiger partial charge >= 0.3 is 0 Å². The van der Waals surface area contributed by atoms with Crippen LogP contribution in [0.15, 0.2) is 229 Å². The Balaban J connectivity index is 1.22. The van der Waals surface area contributed by atoms with Crippen molar-refractivity contribution in [2.75, 3.05) is 4.90 Å². The number of nitrogens with zero attached hydrogens (tertiary/aromatic N) is 1. The van der Waals surface area contributed by atoms with Gasteiger partial charge in [0, 0.05) is 42.3 Å². The molecule has 11 aromatic carbocycles. The van der Waals surface area contributed by atoms with Crippen LogP contribution in [0.3, 0.4) is 0 Å². The molecular formula is C60H37NOS. The van der Waals surface area contributed by atoms with Gasteiger partial charge in [0.25, 0.3) is 0 Å². The van der Waals surface area contributed by atoms with E-state index in [9.17, 15) is 0 Å². The van der Waals surface area contributed by atoms with Crippen LogP contribution in [0, 0.1) is 0 Å². The monoisotopic (exact) mass is 819 g/mol. The van der Waals surface area contributed by atoms with Gasteiger partial charge in [-0.1, -0.05) is 176 Å². The molecule has 0 unspecified atom stereocenters. The van der Waals surface area contributed by atoms with Crippen LogP contribution in [0.2, 0.25) is 0 Å². The van der Waals surface area contributed by atoms with E-state index in [2.05, 4.69) is 223 Å². The van der Waals surface area contributed by atoms with E-state index >= 15 is 0 Å². The second kappa shape index (κ2) is 14.3. The molecule has 13 aromatic rings. The van der Waals surface area contributed by atoms with Crippen LogP contribution >= 0.6 is 11.3 Å². The van der Waals surface area contributed by atoms with Crippen molar-refractivity contribution < 1.29 is 4.42 Å². The predicted octanol–water partition coefficient (Wildman–Crippen LogP) is 18.0. The number of hydrogen-bond acceptors (Lipinski definition) is 3. The number of rotatable bonds is 4. The Bertz CT molecular complexity index is 4030. The molecule has 0 atom stereocenters. The van der Waals surface area contributed by atoms with Crippen LogP contribution in [0.25, 0.3) is 107 Å². The molecule has 2 aromatic heterocycles. The van der Waals surface area contributed by atoms with Crippen LogP contribution in [-0.2, 0) is 0 Å². The van der Waals surface area contributed by atoms with Gasteiger partial charge in [-0.2, -0.15) is 0 Å². The first-order valence-electron chi connectivity index (χ1n) is 21.5. The van der Waals surface area contributed by atoms with Crippen molar-refractivity contribution in [3.8, 4) is 11.1 Å². The van der Waals surface area contributed by atoms with Crippen molar-refractivity contribution in [3.05, 3.63) is 224 Å². The lowest BCUT2D eigenvalue weighted by Gasteiger charge is -2.27. The minimum atomic E-state index is 0.861. The molecule has 0 aliphatic rings. The lowest BCUT2D eigenvalue weighted by atomic mass is 9.93. The Morgan fingerprint density at radius 2 is 0.794 bits per heavy atom. The highest BCUT2D eigenvalue weighted by Crippen LogP contribution is 2.47. The first-order valence-corrected chi connectivity index (χ1v) is 22.3. The van der Waals surface area contributed by atoms with Crippen LogP contribution in [0.4, 0.5) is 17.1 Å². The molecule has 0 saturated carbocycles. The van der Waals surface area contributed by atoms with Gasteiger partial charge in [0.15, 0.2) is 0 Å². The molecule has 2 heterocycles. The topological polar surface area (TPSA) is 16.4 Å². The summed E-state index contributed by atoms with van der Waals surface area (Å²) in [6, 6.07) is 82.0. The third kappa shape index (κ3) is 5.64. The van der Waals surface area contributed by atoms with Crippen molar-refractivity contribution in [2.45, 2.75) is 0 Å². The van der Waals surface area contributed by atoms with Gasteiger partial charge < -0.3 is 9.32 Å². The number of thiophene rings is 1. The number of furan rings is 1. The van der Waals surface area contributed by atoms with Crippen LogP contribution in [-0.4, -0.2) is 0 Å². The SMILES string of the molecule is c1ccc(-c2ccc(N(c3ccc4c5ccccc5c5ccccc5c5ccccc5c5c(ccc6c7ccccc7sc65)c4c3)c3cccc4oc5ccccc5c34)cc2)cc1. The maximum absolute atomic E-state index is 6.53. The molecule has 294 valence electrons. The molecule has 0 amide bonds. The smallest absolute Gasteiger partial charge is 0.137 e. The van der Waals surface area contributed by atoms with E-state index in [-0.39, 0.29) is 0 Å². The minimum absolute atomic E-state index is 0.861. The quantitative estimate of drug-likeness (QED) is 0.176. The summed E-state index contributed by atoms with van der Waals surface area (Å²) in [6.45, 7) is 0. The van der Waals surface area contributed by atoms with Gasteiger partial charge in [0.2, 0.25) is 0 Å². The summed E-state index contributed by atoms with van der Waals surface area (Å²) in [7, 11) is 0. The third-order valence-corrected chi connectivity index (χ3v) is 14.1. The Labute approximate surface area is 367 Å². The zero-order valence-corrected chi connectivity index (χ0v) is 34.9. The fourth-order valence-electron chi connectivity index (χ4n) is 10.1. The molecule has 0 radical (unpaired) electrons. The number of fused-ring (bicyclic) bond motifs is 17. The molecule has 0 spiro atoms. The van der Waals surface area contributed by atoms with Crippen molar-refractivity contribution in [2.24, 2.45) is 0 Å². The maximum atomic E-state index is 6.53. The molecule has 3 heteroatoms. The Kier molecular flexibility index (Phi) is 8.12. The van der Waals surface area contributed by atoms with E-state index in [1.807, 2.05) is 17.4 Å². The van der Waals surface area contributed by atoms with Gasteiger partial charge in [0.1, 0.15) is 11.2 Å². The van der Waals surface area contributed by atoms with Crippen molar-refractivity contribution in [1.82, 2.24) is 0 Å². The lowest BCUT2D eigenvalue weighted by molar-refractivity contribution is 0.669. The number of benzene rings is 10. The summed E-state index contributed by atoms with van der Waals surface area (Å²) in [5.41, 5.74) is 7.29. The minimum Gasteiger partial charge on any atom is -0.456 e. The van der Waals surface area contributed by atoms with E-state index in [0.717, 1.165) is 39.0 Å². The number of para-hydroxylation sites is 1. The molecule has 0 fully saturated rings. The molecule has 2 nitrogen and oxygen atoms in total. The fourth-order valence-corrected chi connectivity index (χ4v) is 11.3. The second-order valence-electron chi connectivity index (χ2n) is 16.3. The van der Waals surface area contributed by atoms with Crippen molar-refractivity contribution >= 4 is 124 Å². The predicted molar refractivity (Wildman–Crippen MR) is 272 cm³/mol. The molecular weight excluding hydrogens is 783 g/mol. The molecule has 0 aliphatic heterocycles. The van der Waals surface area contributed by atoms with Crippen LogP contribution in [0.5, 0.6) is 0 Å². The molecule has 63 heavy (non-hydrogen) atoms. The van der Waals surface area contributed by atoms with E-state index < -0.39 is 0 Å². The van der Waals surface area contributed by atoms with Crippen molar-refractivity contribution in [1.29, 1.82) is 0 Å². The number of hydrogen-bond donors (Lipinski definition) is 0. The van der Waals surface area contributed by atoms with Gasteiger partial charge in [-0.05, 0) is 108 Å². The van der Waals surface area contributed by atoms with Gasteiger partial charge in [0.05, 0.1) is 11.1 Å². The van der Waals surface area contributed by atoms with Crippen molar-refractivity contribution in [3.63, 3.8) is 0 Å². The zero-order valence-electron chi connectivity index (χ0n) is 34.1. The van der Waals surface area contributed by atoms with Crippen LogP contribution < -0.4 is 4.90 Å². The molecule has 0 bridgehead atoms. The second-order valence-corrected chi connectivity index (χ2v) is 17.4. The van der Waals surface area contributed by atoms with E-state index in [0.29, 0.717) is 0 Å². The lowest BCUT2D eigenvalue weighted by Crippen LogP contribution is -2.10. The average Bonchev–Trinajstić information content (AvgIpc) is 3.93. The van der Waals surface area contributed by atoms with E-state index in [1.165, 1.54) is 85.2 Å². The first kappa shape index (κ1) is 35.7. The van der Waals surface area contributed by atoms with Gasteiger partial charge in [-0.15, -0.1) is 11.3 Å². The summed E-state index contributed by atoms with van der Waals surface area (Å²) < 4.78 is 9.12. The largest absolute Gasteiger partial charge is 0.456 e. The first-order chi connectivity index (χ1) is 31.3. The fraction of sp³-hybridized carbons (Fsp3) is 0. The molecule has 0 N–H and O–H groups in total. The van der Waals surface area contributed by atoms with E-state index in [1.54, 1.807) is 0 Å². The highest BCUT2D eigenvalue weighted by Gasteiger charge is 2.21. The molecule has 0 saturated heterocycles. The summed E-state index contributed by atoms with van der Waals surface area (Å²) in [4.78, 5) is 2.42. The highest BCUT2D eigenvalue weighted by atomic mass is 32.1. The van der Waals surface area contributed by atoms with Gasteiger partial charge in [-0.25, -0.2) is 0 Å². The highest BCUT2D eigenvalue weighted by molar-refractivity contribution is 7.26. The summed E-state index contributed by atoms with van der Waals surface area (Å²) in [5.74, 6) is 0. The Hall–Kier alpha value is -7.98. The van der Waals surface area contributed by atoms with Gasteiger partial charge in [-0.3, -0.25) is 0 Å². The standard InChI is InChI=1S/C60H37NOS/c1-2-15-38(16-3-1)39-29-31-40(32-30-39)61(54-25-14-27-56-59(54)52-24-10-12-26-55(52)62-56)41-33-34-47-45-20-7-5-18-43(45)42-17-4-6-19-44(42)46-21-8-9-23-49(46)58-50(53(47)37-41)35-36-51-48-22-11-13-28-57(48)63-60(51)58/h1-37H. The van der Waals surface area contributed by atoms with E-state index in [4.69, 9.17) is 4.42 Å². The Morgan fingerprint density at radius 3 is 1.51 bits per heavy atom. The zero-order chi connectivity index (χ0) is 41.4. The summed E-state index contributed by atoms with van der Waals surface area (Å²) in [5, 5.41) is 16.9. The summed E-state index contributed by atoms with van der Waals surface area (Å²) in [6.07, 6.45) is 0. The third-order valence-electron chi connectivity index (χ3n) is 12.9. The maximum Gasteiger partial charge on any atom is 0.137 e. The van der Waals surface area contributed by atoms with Crippen LogP contribution in [0.1, 0.15) is 0 Å².